The van der Waals surface area contributed by atoms with Crippen LogP contribution in [0.5, 0.6) is 0 Å². The van der Waals surface area contributed by atoms with Gasteiger partial charge >= 0.3 is 0 Å². The summed E-state index contributed by atoms with van der Waals surface area (Å²) in [7, 11) is 1.60. The van der Waals surface area contributed by atoms with Crippen molar-refractivity contribution >= 4 is 0 Å². The van der Waals surface area contributed by atoms with Crippen LogP contribution in [0.3, 0.4) is 0 Å². The minimum atomic E-state index is -0.758. The van der Waals surface area contributed by atoms with E-state index in [1.807, 2.05) is 6.92 Å². The zero-order valence-corrected chi connectivity index (χ0v) is 6.29. The molecule has 1 aliphatic heterocycles. The highest BCUT2D eigenvalue weighted by atomic mass is 16.9. The van der Waals surface area contributed by atoms with Crippen molar-refractivity contribution in [2.24, 2.45) is 0 Å². The molecule has 10 heavy (non-hydrogen) atoms. The number of hydrogen-bond acceptors (Lipinski definition) is 3. The van der Waals surface area contributed by atoms with E-state index in [1.54, 1.807) is 7.11 Å². The first-order chi connectivity index (χ1) is 4.73. The van der Waals surface area contributed by atoms with Gasteiger partial charge < -0.3 is 14.2 Å². The maximum Gasteiger partial charge on any atom is 0.280 e. The third kappa shape index (κ3) is 0.779. The van der Waals surface area contributed by atoms with Crippen LogP contribution in [0.4, 0.5) is 0 Å². The Morgan fingerprint density at radius 3 is 2.10 bits per heavy atom. The topological polar surface area (TPSA) is 27.7 Å². The summed E-state index contributed by atoms with van der Waals surface area (Å²) in [6.45, 7) is 1.81. The quantitative estimate of drug-likeness (QED) is 0.547. The summed E-state index contributed by atoms with van der Waals surface area (Å²) in [5, 5.41) is 0. The standard InChI is InChI=1S/C7H12O3/c1-7(8-2)9-5-3-4-6(5)10-7/h5-6H,3-4H2,1-2H3. The van der Waals surface area contributed by atoms with Gasteiger partial charge in [-0.25, -0.2) is 0 Å². The van der Waals surface area contributed by atoms with Crippen LogP contribution in [0.2, 0.25) is 0 Å². The Morgan fingerprint density at radius 1 is 1.30 bits per heavy atom. The molecule has 3 nitrogen and oxygen atoms in total. The minimum Gasteiger partial charge on any atom is -0.331 e. The predicted octanol–water partition coefficient (Wildman–Crippen LogP) is 0.884. The van der Waals surface area contributed by atoms with Gasteiger partial charge in [-0.1, -0.05) is 0 Å². The maximum absolute atomic E-state index is 5.45. The number of hydrogen-bond donors (Lipinski definition) is 0. The molecule has 0 radical (unpaired) electrons. The number of methoxy groups -OCH3 is 1. The molecule has 0 spiro atoms. The summed E-state index contributed by atoms with van der Waals surface area (Å²) < 4.78 is 15.9. The van der Waals surface area contributed by atoms with Crippen molar-refractivity contribution in [3.63, 3.8) is 0 Å². The molecule has 0 amide bonds. The molecule has 1 heterocycles. The SMILES string of the molecule is COC1(C)OC2CCC2O1. The average molecular weight is 144 g/mol. The molecule has 2 atom stereocenters. The average Bonchev–Trinajstić information content (AvgIpc) is 2.13. The lowest BCUT2D eigenvalue weighted by Crippen LogP contribution is -2.33. The predicted molar refractivity (Wildman–Crippen MR) is 34.4 cm³/mol. The summed E-state index contributed by atoms with van der Waals surface area (Å²) >= 11 is 0. The lowest BCUT2D eigenvalue weighted by molar-refractivity contribution is -0.314. The van der Waals surface area contributed by atoms with Crippen molar-refractivity contribution in [2.75, 3.05) is 7.11 Å². The van der Waals surface area contributed by atoms with Gasteiger partial charge in [0.05, 0.1) is 12.2 Å². The van der Waals surface area contributed by atoms with Crippen molar-refractivity contribution in [2.45, 2.75) is 37.9 Å². The largest absolute Gasteiger partial charge is 0.331 e. The molecule has 1 saturated heterocycles. The molecule has 3 heteroatoms. The Hall–Kier alpha value is -0.120. The van der Waals surface area contributed by atoms with E-state index in [1.165, 1.54) is 0 Å². The number of ether oxygens (including phenoxy) is 3. The second-order valence-corrected chi connectivity index (χ2v) is 2.96. The molecule has 0 N–H and O–H groups in total. The zero-order chi connectivity index (χ0) is 7.19. The second-order valence-electron chi connectivity index (χ2n) is 2.96. The van der Waals surface area contributed by atoms with Crippen LogP contribution in [0, 0.1) is 0 Å². The lowest BCUT2D eigenvalue weighted by Gasteiger charge is -2.24. The van der Waals surface area contributed by atoms with Crippen molar-refractivity contribution < 1.29 is 14.2 Å². The molecular weight excluding hydrogens is 132 g/mol. The zero-order valence-electron chi connectivity index (χ0n) is 6.29. The third-order valence-corrected chi connectivity index (χ3v) is 2.25. The molecule has 1 saturated carbocycles. The Kier molecular flexibility index (Phi) is 1.27. The summed E-state index contributed by atoms with van der Waals surface area (Å²) in [6, 6.07) is 0. The van der Waals surface area contributed by atoms with E-state index in [0.717, 1.165) is 12.8 Å². The highest BCUT2D eigenvalue weighted by Crippen LogP contribution is 2.40. The summed E-state index contributed by atoms with van der Waals surface area (Å²) in [6.07, 6.45) is 2.82. The molecule has 0 aromatic carbocycles. The number of fused-ring (bicyclic) bond motifs is 1. The van der Waals surface area contributed by atoms with Gasteiger partial charge in [0.2, 0.25) is 0 Å². The van der Waals surface area contributed by atoms with E-state index >= 15 is 0 Å². The molecule has 2 fully saturated rings. The van der Waals surface area contributed by atoms with Gasteiger partial charge in [0.1, 0.15) is 0 Å². The van der Waals surface area contributed by atoms with Gasteiger partial charge in [0, 0.05) is 14.0 Å². The third-order valence-electron chi connectivity index (χ3n) is 2.25. The van der Waals surface area contributed by atoms with E-state index in [0.29, 0.717) is 12.2 Å². The molecule has 1 aliphatic carbocycles. The number of rotatable bonds is 1. The van der Waals surface area contributed by atoms with Gasteiger partial charge in [-0.15, -0.1) is 0 Å². The molecule has 58 valence electrons. The molecule has 2 aliphatic rings. The monoisotopic (exact) mass is 144 g/mol. The fourth-order valence-corrected chi connectivity index (χ4v) is 1.38. The fourth-order valence-electron chi connectivity index (χ4n) is 1.38. The van der Waals surface area contributed by atoms with E-state index < -0.39 is 5.97 Å². The maximum atomic E-state index is 5.45. The second kappa shape index (κ2) is 1.94. The molecule has 0 aromatic heterocycles. The van der Waals surface area contributed by atoms with E-state index in [-0.39, 0.29) is 0 Å². The van der Waals surface area contributed by atoms with Crippen LogP contribution in [0.25, 0.3) is 0 Å². The van der Waals surface area contributed by atoms with Gasteiger partial charge in [-0.05, 0) is 12.8 Å². The van der Waals surface area contributed by atoms with Crippen LogP contribution < -0.4 is 0 Å². The van der Waals surface area contributed by atoms with E-state index in [9.17, 15) is 0 Å². The molecule has 0 aromatic rings. The van der Waals surface area contributed by atoms with Gasteiger partial charge in [0.15, 0.2) is 0 Å². The van der Waals surface area contributed by atoms with E-state index in [4.69, 9.17) is 14.2 Å². The first-order valence-electron chi connectivity index (χ1n) is 3.64. The molecule has 2 unspecified atom stereocenters. The highest BCUT2D eigenvalue weighted by Gasteiger charge is 2.49. The Balaban J connectivity index is 2.03. The lowest BCUT2D eigenvalue weighted by atomic mass is 9.93. The van der Waals surface area contributed by atoms with Gasteiger partial charge in [-0.3, -0.25) is 0 Å². The normalized spacial score (nSPS) is 52.2. The minimum absolute atomic E-state index is 0.296. The summed E-state index contributed by atoms with van der Waals surface area (Å²) in [5.41, 5.74) is 0. The van der Waals surface area contributed by atoms with Crippen LogP contribution in [0.1, 0.15) is 19.8 Å². The molecule has 0 bridgehead atoms. The highest BCUT2D eigenvalue weighted by molar-refractivity contribution is 4.88. The molecular formula is C7H12O3. The Bertz CT molecular complexity index is 134. The molecule has 2 rings (SSSR count). The van der Waals surface area contributed by atoms with Crippen molar-refractivity contribution in [3.8, 4) is 0 Å². The Morgan fingerprint density at radius 2 is 1.80 bits per heavy atom. The first-order valence-corrected chi connectivity index (χ1v) is 3.64. The first kappa shape index (κ1) is 6.58. The van der Waals surface area contributed by atoms with Crippen LogP contribution in [-0.2, 0) is 14.2 Å². The van der Waals surface area contributed by atoms with Crippen molar-refractivity contribution in [1.29, 1.82) is 0 Å². The fraction of sp³-hybridized carbons (Fsp3) is 1.00. The Labute approximate surface area is 60.3 Å². The smallest absolute Gasteiger partial charge is 0.280 e. The van der Waals surface area contributed by atoms with E-state index in [2.05, 4.69) is 0 Å². The van der Waals surface area contributed by atoms with Crippen LogP contribution in [0.15, 0.2) is 0 Å². The van der Waals surface area contributed by atoms with Crippen LogP contribution in [-0.4, -0.2) is 25.3 Å². The summed E-state index contributed by atoms with van der Waals surface area (Å²) in [5.74, 6) is -0.758. The van der Waals surface area contributed by atoms with Crippen molar-refractivity contribution in [1.82, 2.24) is 0 Å². The van der Waals surface area contributed by atoms with Crippen LogP contribution >= 0.6 is 0 Å². The summed E-state index contributed by atoms with van der Waals surface area (Å²) in [4.78, 5) is 0. The van der Waals surface area contributed by atoms with Gasteiger partial charge in [0.25, 0.3) is 5.97 Å². The van der Waals surface area contributed by atoms with Gasteiger partial charge in [-0.2, -0.15) is 0 Å². The van der Waals surface area contributed by atoms with Crippen molar-refractivity contribution in [3.05, 3.63) is 0 Å².